The molecular formula is C17H16N6O3S. The number of thioether (sulfide) groups is 1. The number of nitrogens with zero attached hydrogens (tertiary/aromatic N) is 4. The smallest absolute Gasteiger partial charge is 0.231 e. The first-order valence-electron chi connectivity index (χ1n) is 8.14. The van der Waals surface area contributed by atoms with E-state index in [0.717, 1.165) is 5.56 Å². The zero-order chi connectivity index (χ0) is 18.6. The monoisotopic (exact) mass is 384 g/mol. The first kappa shape index (κ1) is 17.2. The summed E-state index contributed by atoms with van der Waals surface area (Å²) >= 11 is 1.36. The molecule has 0 saturated heterocycles. The highest BCUT2D eigenvalue weighted by Gasteiger charge is 2.15. The van der Waals surface area contributed by atoms with Crippen molar-refractivity contribution in [3.8, 4) is 22.9 Å². The number of pyridine rings is 1. The zero-order valence-corrected chi connectivity index (χ0v) is 15.0. The summed E-state index contributed by atoms with van der Waals surface area (Å²) in [4.78, 5) is 16.1. The van der Waals surface area contributed by atoms with E-state index in [1.54, 1.807) is 42.7 Å². The minimum Gasteiger partial charge on any atom is -0.454 e. The highest BCUT2D eigenvalue weighted by molar-refractivity contribution is 7.99. The molecule has 0 bridgehead atoms. The molecule has 1 aliphatic heterocycles. The van der Waals surface area contributed by atoms with E-state index < -0.39 is 0 Å². The quantitative estimate of drug-likeness (QED) is 0.489. The summed E-state index contributed by atoms with van der Waals surface area (Å²) in [6, 6.07) is 8.90. The number of hydrogen-bond acceptors (Lipinski definition) is 8. The first-order chi connectivity index (χ1) is 13.2. The third-order valence-corrected chi connectivity index (χ3v) is 4.76. The van der Waals surface area contributed by atoms with Crippen LogP contribution in [0.2, 0.25) is 0 Å². The fourth-order valence-corrected chi connectivity index (χ4v) is 3.30. The van der Waals surface area contributed by atoms with Gasteiger partial charge in [0, 0.05) is 41.9 Å². The van der Waals surface area contributed by atoms with Gasteiger partial charge in [0.25, 0.3) is 0 Å². The largest absolute Gasteiger partial charge is 0.454 e. The summed E-state index contributed by atoms with van der Waals surface area (Å²) in [5.74, 6) is 8.31. The van der Waals surface area contributed by atoms with Crippen LogP contribution in [-0.2, 0) is 4.79 Å². The minimum absolute atomic E-state index is 0.112. The van der Waals surface area contributed by atoms with Gasteiger partial charge in [0.2, 0.25) is 17.9 Å². The number of amides is 1. The molecule has 0 fully saturated rings. The molecule has 27 heavy (non-hydrogen) atoms. The summed E-state index contributed by atoms with van der Waals surface area (Å²) in [5.41, 5.74) is 1.49. The Morgan fingerprint density at radius 2 is 2.00 bits per heavy atom. The Hall–Kier alpha value is -3.27. The number of aromatic nitrogens is 4. The molecule has 0 radical (unpaired) electrons. The fraction of sp³-hybridized carbons (Fsp3) is 0.176. The summed E-state index contributed by atoms with van der Waals surface area (Å²) in [5, 5.41) is 11.6. The van der Waals surface area contributed by atoms with Crippen molar-refractivity contribution in [2.45, 2.75) is 11.6 Å². The molecule has 2 aromatic heterocycles. The van der Waals surface area contributed by atoms with Crippen molar-refractivity contribution < 1.29 is 14.3 Å². The zero-order valence-electron chi connectivity index (χ0n) is 14.2. The van der Waals surface area contributed by atoms with Crippen molar-refractivity contribution in [2.24, 2.45) is 0 Å². The van der Waals surface area contributed by atoms with E-state index in [9.17, 15) is 4.79 Å². The van der Waals surface area contributed by atoms with Crippen LogP contribution >= 0.6 is 11.8 Å². The molecule has 1 amide bonds. The maximum atomic E-state index is 12.1. The molecule has 3 aromatic rings. The number of fused-ring (bicyclic) bond motifs is 1. The lowest BCUT2D eigenvalue weighted by atomic mass is 10.2. The Morgan fingerprint density at radius 1 is 1.19 bits per heavy atom. The highest BCUT2D eigenvalue weighted by atomic mass is 32.2. The lowest BCUT2D eigenvalue weighted by molar-refractivity contribution is -0.115. The fourth-order valence-electron chi connectivity index (χ4n) is 2.51. The Morgan fingerprint density at radius 3 is 2.85 bits per heavy atom. The molecule has 0 saturated carbocycles. The van der Waals surface area contributed by atoms with Crippen LogP contribution in [0.3, 0.4) is 0 Å². The molecule has 1 aromatic carbocycles. The lowest BCUT2D eigenvalue weighted by Crippen LogP contribution is -2.14. The molecule has 9 nitrogen and oxygen atoms in total. The predicted octanol–water partition coefficient (Wildman–Crippen LogP) is 1.90. The van der Waals surface area contributed by atoms with Gasteiger partial charge in [0.15, 0.2) is 17.3 Å². The maximum Gasteiger partial charge on any atom is 0.231 e. The summed E-state index contributed by atoms with van der Waals surface area (Å²) in [7, 11) is 0. The van der Waals surface area contributed by atoms with Gasteiger partial charge >= 0.3 is 0 Å². The van der Waals surface area contributed by atoms with E-state index in [2.05, 4.69) is 20.5 Å². The van der Waals surface area contributed by atoms with Crippen LogP contribution in [-0.4, -0.2) is 38.3 Å². The van der Waals surface area contributed by atoms with E-state index in [-0.39, 0.29) is 12.7 Å². The molecule has 4 rings (SSSR count). The van der Waals surface area contributed by atoms with E-state index in [0.29, 0.717) is 40.3 Å². The van der Waals surface area contributed by atoms with Crippen LogP contribution < -0.4 is 20.6 Å². The Kier molecular flexibility index (Phi) is 4.79. The average Bonchev–Trinajstić information content (AvgIpc) is 3.29. The number of carbonyl (C=O) groups excluding carboxylic acids is 1. The van der Waals surface area contributed by atoms with Gasteiger partial charge in [-0.05, 0) is 24.3 Å². The van der Waals surface area contributed by atoms with Gasteiger partial charge in [0.05, 0.1) is 0 Å². The summed E-state index contributed by atoms with van der Waals surface area (Å²) < 4.78 is 12.0. The van der Waals surface area contributed by atoms with Crippen molar-refractivity contribution in [3.05, 3.63) is 42.7 Å². The topological polar surface area (TPSA) is 117 Å². The van der Waals surface area contributed by atoms with Crippen LogP contribution in [0.15, 0.2) is 47.9 Å². The van der Waals surface area contributed by atoms with Crippen molar-refractivity contribution in [2.75, 3.05) is 23.7 Å². The second-order valence-corrected chi connectivity index (χ2v) is 6.69. The molecular weight excluding hydrogens is 368 g/mol. The first-order valence-corrected chi connectivity index (χ1v) is 9.12. The number of nitrogens with two attached hydrogens (primary N) is 1. The summed E-state index contributed by atoms with van der Waals surface area (Å²) in [6.07, 6.45) is 3.63. The highest BCUT2D eigenvalue weighted by Crippen LogP contribution is 2.34. The van der Waals surface area contributed by atoms with Gasteiger partial charge in [-0.25, -0.2) is 4.68 Å². The Bertz CT molecular complexity index is 963. The van der Waals surface area contributed by atoms with Gasteiger partial charge in [-0.15, -0.1) is 10.2 Å². The molecule has 0 spiro atoms. The van der Waals surface area contributed by atoms with Crippen LogP contribution in [0.4, 0.5) is 5.69 Å². The lowest BCUT2D eigenvalue weighted by Gasteiger charge is -2.06. The minimum atomic E-state index is -0.112. The second kappa shape index (κ2) is 7.54. The van der Waals surface area contributed by atoms with Crippen molar-refractivity contribution in [3.63, 3.8) is 0 Å². The van der Waals surface area contributed by atoms with Gasteiger partial charge < -0.3 is 20.6 Å². The predicted molar refractivity (Wildman–Crippen MR) is 99.9 cm³/mol. The maximum absolute atomic E-state index is 12.1. The van der Waals surface area contributed by atoms with E-state index in [1.165, 1.54) is 16.4 Å². The standard InChI is InChI=1S/C17H16N6O3S/c18-23-16(11-3-6-19-7-4-11)21-22-17(23)27-8-5-15(24)20-12-1-2-13-14(9-12)26-10-25-13/h1-4,6-7,9H,5,8,10,18H2,(H,20,24). The van der Waals surface area contributed by atoms with Crippen molar-refractivity contribution in [1.82, 2.24) is 19.9 Å². The van der Waals surface area contributed by atoms with Crippen LogP contribution in [0, 0.1) is 0 Å². The second-order valence-electron chi connectivity index (χ2n) is 5.63. The number of anilines is 1. The number of nitrogens with one attached hydrogen (secondary N) is 1. The summed E-state index contributed by atoms with van der Waals surface area (Å²) in [6.45, 7) is 0.199. The molecule has 1 aliphatic rings. The molecule has 3 heterocycles. The van der Waals surface area contributed by atoms with Gasteiger partial charge in [-0.3, -0.25) is 9.78 Å². The molecule has 0 atom stereocenters. The van der Waals surface area contributed by atoms with Crippen LogP contribution in [0.1, 0.15) is 6.42 Å². The third-order valence-electron chi connectivity index (χ3n) is 3.82. The van der Waals surface area contributed by atoms with Gasteiger partial charge in [-0.1, -0.05) is 11.8 Å². The van der Waals surface area contributed by atoms with Crippen LogP contribution in [0.5, 0.6) is 11.5 Å². The number of carbonyl (C=O) groups is 1. The van der Waals surface area contributed by atoms with E-state index >= 15 is 0 Å². The van der Waals surface area contributed by atoms with E-state index in [4.69, 9.17) is 15.3 Å². The Balaban J connectivity index is 1.31. The van der Waals surface area contributed by atoms with Gasteiger partial charge in [-0.2, -0.15) is 0 Å². The number of ether oxygens (including phenoxy) is 2. The molecule has 3 N–H and O–H groups in total. The molecule has 138 valence electrons. The number of nitrogen functional groups attached to an aromatic ring is 1. The van der Waals surface area contributed by atoms with Crippen molar-refractivity contribution in [1.29, 1.82) is 0 Å². The van der Waals surface area contributed by atoms with E-state index in [1.807, 2.05) is 0 Å². The third kappa shape index (κ3) is 3.80. The average molecular weight is 384 g/mol. The number of hydrogen-bond donors (Lipinski definition) is 2. The normalized spacial score (nSPS) is 12.1. The van der Waals surface area contributed by atoms with Gasteiger partial charge in [0.1, 0.15) is 0 Å². The molecule has 0 aliphatic carbocycles. The molecule has 10 heteroatoms. The number of rotatable bonds is 6. The van der Waals surface area contributed by atoms with Crippen LogP contribution in [0.25, 0.3) is 11.4 Å². The van der Waals surface area contributed by atoms with Crippen molar-refractivity contribution >= 4 is 23.4 Å². The Labute approximate surface area is 158 Å². The molecule has 0 unspecified atom stereocenters. The number of benzene rings is 1. The SMILES string of the molecule is Nn1c(SCCC(=O)Nc2ccc3c(c2)OCO3)nnc1-c1ccncc1.